The normalized spacial score (nSPS) is 16.3. The van der Waals surface area contributed by atoms with Gasteiger partial charge in [0, 0.05) is 22.2 Å². The van der Waals surface area contributed by atoms with Crippen LogP contribution in [0.1, 0.15) is 23.2 Å². The number of Topliss-reactive ketones (excluding diaryl/α,β-unsaturated/α-hetero) is 1. The van der Waals surface area contributed by atoms with Crippen molar-refractivity contribution in [2.45, 2.75) is 17.7 Å². The lowest BCUT2D eigenvalue weighted by molar-refractivity contribution is 0.0967. The average Bonchev–Trinajstić information content (AvgIpc) is 2.99. The third kappa shape index (κ3) is 2.38. The summed E-state index contributed by atoms with van der Waals surface area (Å²) in [7, 11) is 1.45. The molecular weight excluding hydrogens is 236 g/mol. The topological polar surface area (TPSA) is 51.2 Å². The summed E-state index contributed by atoms with van der Waals surface area (Å²) >= 11 is 0. The van der Waals surface area contributed by atoms with E-state index in [9.17, 15) is 13.2 Å². The molecule has 80 valence electrons. The zero-order chi connectivity index (χ0) is 11.1. The van der Waals surface area contributed by atoms with Crippen LogP contribution in [-0.4, -0.2) is 14.2 Å². The molecule has 5 heteroatoms. The van der Waals surface area contributed by atoms with Gasteiger partial charge >= 0.3 is 0 Å². The highest BCUT2D eigenvalue weighted by molar-refractivity contribution is 8.13. The van der Waals surface area contributed by atoms with Gasteiger partial charge < -0.3 is 0 Å². The van der Waals surface area contributed by atoms with Crippen molar-refractivity contribution in [3.05, 3.63) is 29.8 Å². The summed E-state index contributed by atoms with van der Waals surface area (Å²) in [5, 5.41) is 0. The first-order chi connectivity index (χ1) is 6.98. The molecule has 0 bridgehead atoms. The van der Waals surface area contributed by atoms with Crippen LogP contribution in [0.5, 0.6) is 0 Å². The minimum Gasteiger partial charge on any atom is -0.294 e. The molecule has 2 rings (SSSR count). The lowest BCUT2D eigenvalue weighted by atomic mass is 10.1. The van der Waals surface area contributed by atoms with Gasteiger partial charge in [0.05, 0.1) is 4.90 Å². The fourth-order valence-electron chi connectivity index (χ4n) is 1.38. The Balaban J connectivity index is 2.38. The number of halogens is 1. The Morgan fingerprint density at radius 2 is 2.00 bits per heavy atom. The van der Waals surface area contributed by atoms with E-state index < -0.39 is 9.05 Å². The molecule has 0 amide bonds. The van der Waals surface area contributed by atoms with Crippen LogP contribution in [0.3, 0.4) is 0 Å². The van der Waals surface area contributed by atoms with E-state index in [1.54, 1.807) is 6.07 Å². The number of carbonyl (C=O) groups excluding carboxylic acids is 1. The monoisotopic (exact) mass is 244 g/mol. The quantitative estimate of drug-likeness (QED) is 0.605. The predicted molar refractivity (Wildman–Crippen MR) is 56.5 cm³/mol. The van der Waals surface area contributed by atoms with Crippen molar-refractivity contribution in [1.29, 1.82) is 0 Å². The SMILES string of the molecule is O=C(c1cccc(S(=O)(=O)Cl)c1)C1CC1. The molecule has 0 spiro atoms. The summed E-state index contributed by atoms with van der Waals surface area (Å²) in [6.45, 7) is 0. The average molecular weight is 245 g/mol. The summed E-state index contributed by atoms with van der Waals surface area (Å²) in [5.41, 5.74) is 0.430. The smallest absolute Gasteiger partial charge is 0.261 e. The van der Waals surface area contributed by atoms with E-state index in [0.29, 0.717) is 5.56 Å². The van der Waals surface area contributed by atoms with Crippen molar-refractivity contribution in [1.82, 2.24) is 0 Å². The second kappa shape index (κ2) is 3.61. The molecule has 0 atom stereocenters. The molecule has 3 nitrogen and oxygen atoms in total. The van der Waals surface area contributed by atoms with Crippen LogP contribution in [0.4, 0.5) is 0 Å². The van der Waals surface area contributed by atoms with Crippen molar-refractivity contribution in [3.8, 4) is 0 Å². The molecule has 0 heterocycles. The van der Waals surface area contributed by atoms with Gasteiger partial charge in [0.25, 0.3) is 9.05 Å². The molecule has 0 N–H and O–H groups in total. The van der Waals surface area contributed by atoms with Crippen LogP contribution < -0.4 is 0 Å². The van der Waals surface area contributed by atoms with E-state index in [0.717, 1.165) is 12.8 Å². The molecule has 1 aliphatic rings. The van der Waals surface area contributed by atoms with Crippen molar-refractivity contribution in [3.63, 3.8) is 0 Å². The lowest BCUT2D eigenvalue weighted by Crippen LogP contribution is -2.02. The predicted octanol–water partition coefficient (Wildman–Crippen LogP) is 2.21. The van der Waals surface area contributed by atoms with Gasteiger partial charge in [0.2, 0.25) is 0 Å². The van der Waals surface area contributed by atoms with Gasteiger partial charge in [-0.05, 0) is 25.0 Å². The van der Waals surface area contributed by atoms with Crippen LogP contribution in [-0.2, 0) is 9.05 Å². The van der Waals surface area contributed by atoms with Crippen LogP contribution in [0, 0.1) is 5.92 Å². The van der Waals surface area contributed by atoms with Crippen LogP contribution in [0.15, 0.2) is 29.2 Å². The van der Waals surface area contributed by atoms with Gasteiger partial charge in [0.15, 0.2) is 5.78 Å². The molecule has 1 aliphatic carbocycles. The van der Waals surface area contributed by atoms with Crippen LogP contribution >= 0.6 is 10.7 Å². The molecular formula is C10H9ClO3S. The van der Waals surface area contributed by atoms with Gasteiger partial charge in [-0.2, -0.15) is 0 Å². The molecule has 1 aromatic carbocycles. The summed E-state index contributed by atoms with van der Waals surface area (Å²) in [6.07, 6.45) is 1.80. The number of rotatable bonds is 3. The van der Waals surface area contributed by atoms with E-state index in [-0.39, 0.29) is 16.6 Å². The summed E-state index contributed by atoms with van der Waals surface area (Å²) in [4.78, 5) is 11.6. The van der Waals surface area contributed by atoms with E-state index in [4.69, 9.17) is 10.7 Å². The second-order valence-corrected chi connectivity index (χ2v) is 6.17. The number of carbonyl (C=O) groups is 1. The first-order valence-electron chi connectivity index (χ1n) is 4.57. The molecule has 1 fully saturated rings. The standard InChI is InChI=1S/C10H9ClO3S/c11-15(13,14)9-3-1-2-8(6-9)10(12)7-4-5-7/h1-3,6-7H,4-5H2. The molecule has 0 saturated heterocycles. The Kier molecular flexibility index (Phi) is 2.56. The van der Waals surface area contributed by atoms with Crippen molar-refractivity contribution in [2.24, 2.45) is 5.92 Å². The molecule has 1 aromatic rings. The van der Waals surface area contributed by atoms with Crippen molar-refractivity contribution in [2.75, 3.05) is 0 Å². The summed E-state index contributed by atoms with van der Waals surface area (Å²) < 4.78 is 22.1. The molecule has 0 aromatic heterocycles. The second-order valence-electron chi connectivity index (χ2n) is 3.60. The van der Waals surface area contributed by atoms with E-state index in [1.165, 1.54) is 18.2 Å². The third-order valence-electron chi connectivity index (χ3n) is 2.35. The van der Waals surface area contributed by atoms with E-state index in [2.05, 4.69) is 0 Å². The van der Waals surface area contributed by atoms with Crippen LogP contribution in [0.25, 0.3) is 0 Å². The zero-order valence-corrected chi connectivity index (χ0v) is 9.38. The molecule has 15 heavy (non-hydrogen) atoms. The molecule has 0 aliphatic heterocycles. The Bertz CT molecular complexity index is 503. The van der Waals surface area contributed by atoms with Crippen molar-refractivity contribution >= 4 is 25.5 Å². The fourth-order valence-corrected chi connectivity index (χ4v) is 2.18. The van der Waals surface area contributed by atoms with E-state index in [1.807, 2.05) is 0 Å². The molecule has 0 unspecified atom stereocenters. The number of ketones is 1. The maximum Gasteiger partial charge on any atom is 0.261 e. The number of benzene rings is 1. The first-order valence-corrected chi connectivity index (χ1v) is 6.88. The third-order valence-corrected chi connectivity index (χ3v) is 3.70. The van der Waals surface area contributed by atoms with Gasteiger partial charge in [-0.1, -0.05) is 12.1 Å². The summed E-state index contributed by atoms with van der Waals surface area (Å²) in [5.74, 6) is 0.0930. The first kappa shape index (κ1) is 10.6. The highest BCUT2D eigenvalue weighted by atomic mass is 35.7. The Labute approximate surface area is 92.5 Å². The maximum absolute atomic E-state index is 11.6. The minimum atomic E-state index is -3.74. The highest BCUT2D eigenvalue weighted by Crippen LogP contribution is 2.33. The van der Waals surface area contributed by atoms with E-state index >= 15 is 0 Å². The number of hydrogen-bond donors (Lipinski definition) is 0. The number of hydrogen-bond acceptors (Lipinski definition) is 3. The van der Waals surface area contributed by atoms with Gasteiger partial charge in [-0.15, -0.1) is 0 Å². The van der Waals surface area contributed by atoms with Gasteiger partial charge in [-0.3, -0.25) is 4.79 Å². The molecule has 0 radical (unpaired) electrons. The largest absolute Gasteiger partial charge is 0.294 e. The van der Waals surface area contributed by atoms with Crippen LogP contribution in [0.2, 0.25) is 0 Å². The minimum absolute atomic E-state index is 0.0113. The van der Waals surface area contributed by atoms with Gasteiger partial charge in [0.1, 0.15) is 0 Å². The summed E-state index contributed by atoms with van der Waals surface area (Å²) in [6, 6.07) is 5.87. The van der Waals surface area contributed by atoms with Gasteiger partial charge in [-0.25, -0.2) is 8.42 Å². The maximum atomic E-state index is 11.6. The molecule has 1 saturated carbocycles. The Morgan fingerprint density at radius 1 is 1.33 bits per heavy atom. The fraction of sp³-hybridized carbons (Fsp3) is 0.300. The Morgan fingerprint density at radius 3 is 2.53 bits per heavy atom. The Hall–Kier alpha value is -0.870. The van der Waals surface area contributed by atoms with Crippen molar-refractivity contribution < 1.29 is 13.2 Å². The zero-order valence-electron chi connectivity index (χ0n) is 7.81. The highest BCUT2D eigenvalue weighted by Gasteiger charge is 2.30. The lowest BCUT2D eigenvalue weighted by Gasteiger charge is -2.00.